The zero-order chi connectivity index (χ0) is 14.8. The van der Waals surface area contributed by atoms with Gasteiger partial charge in [-0.2, -0.15) is 0 Å². The van der Waals surface area contributed by atoms with Crippen LogP contribution in [0.3, 0.4) is 0 Å². The molecular formula is C16H25NO4. The van der Waals surface area contributed by atoms with E-state index < -0.39 is 0 Å². The topological polar surface area (TPSA) is 49.0 Å². The van der Waals surface area contributed by atoms with Crippen LogP contribution in [0.25, 0.3) is 0 Å². The Labute approximate surface area is 126 Å². The van der Waals surface area contributed by atoms with Crippen LogP contribution >= 0.6 is 0 Å². The summed E-state index contributed by atoms with van der Waals surface area (Å²) >= 11 is 0. The molecule has 0 atom stereocenters. The van der Waals surface area contributed by atoms with Crippen LogP contribution in [0.2, 0.25) is 0 Å². The van der Waals surface area contributed by atoms with E-state index in [0.717, 1.165) is 24.6 Å². The maximum absolute atomic E-state index is 5.70. The van der Waals surface area contributed by atoms with E-state index in [2.05, 4.69) is 12.2 Å². The monoisotopic (exact) mass is 295 g/mol. The summed E-state index contributed by atoms with van der Waals surface area (Å²) in [5.74, 6) is 2.17. The molecule has 0 radical (unpaired) electrons. The van der Waals surface area contributed by atoms with E-state index >= 15 is 0 Å². The Hall–Kier alpha value is -1.46. The number of fused-ring (bicyclic) bond motifs is 1. The van der Waals surface area contributed by atoms with Gasteiger partial charge in [0.05, 0.1) is 13.2 Å². The standard InChI is InChI=1S/C16H25NO4/c1-2-3-7-17-8-9-18-10-11-19-14-5-4-6-15-16(14)21-13-12-20-15/h4-6,17H,2-3,7-13H2,1H3. The Kier molecular flexibility index (Phi) is 7.18. The maximum Gasteiger partial charge on any atom is 0.203 e. The molecule has 0 bridgehead atoms. The van der Waals surface area contributed by atoms with Crippen LogP contribution in [-0.4, -0.2) is 46.1 Å². The van der Waals surface area contributed by atoms with Gasteiger partial charge in [-0.05, 0) is 25.1 Å². The third kappa shape index (κ3) is 5.44. The van der Waals surface area contributed by atoms with Crippen LogP contribution in [0.1, 0.15) is 19.8 Å². The summed E-state index contributed by atoms with van der Waals surface area (Å²) in [4.78, 5) is 0. The molecule has 1 heterocycles. The predicted octanol–water partition coefficient (Wildman–Crippen LogP) is 2.24. The Morgan fingerprint density at radius 3 is 2.90 bits per heavy atom. The fraction of sp³-hybridized carbons (Fsp3) is 0.625. The molecule has 1 N–H and O–H groups in total. The van der Waals surface area contributed by atoms with E-state index in [1.165, 1.54) is 12.8 Å². The molecule has 118 valence electrons. The molecule has 0 amide bonds. The van der Waals surface area contributed by atoms with E-state index in [1.807, 2.05) is 18.2 Å². The number of unbranched alkanes of at least 4 members (excludes halogenated alkanes) is 1. The van der Waals surface area contributed by atoms with Crippen LogP contribution in [0.15, 0.2) is 18.2 Å². The first kappa shape index (κ1) is 15.9. The minimum absolute atomic E-state index is 0.509. The fourth-order valence-corrected chi connectivity index (χ4v) is 2.04. The molecule has 1 aromatic carbocycles. The molecule has 5 nitrogen and oxygen atoms in total. The molecule has 1 aliphatic rings. The molecule has 0 aromatic heterocycles. The Balaban J connectivity index is 1.59. The average molecular weight is 295 g/mol. The number of benzene rings is 1. The molecule has 0 aliphatic carbocycles. The smallest absolute Gasteiger partial charge is 0.203 e. The zero-order valence-electron chi connectivity index (χ0n) is 12.7. The van der Waals surface area contributed by atoms with Crippen LogP contribution in [-0.2, 0) is 4.74 Å². The highest BCUT2D eigenvalue weighted by Gasteiger charge is 2.16. The molecule has 5 heteroatoms. The quantitative estimate of drug-likeness (QED) is 0.671. The minimum atomic E-state index is 0.509. The van der Waals surface area contributed by atoms with E-state index in [9.17, 15) is 0 Å². The Bertz CT molecular complexity index is 411. The van der Waals surface area contributed by atoms with Gasteiger partial charge in [-0.15, -0.1) is 0 Å². The van der Waals surface area contributed by atoms with Gasteiger partial charge in [0.15, 0.2) is 11.5 Å². The normalized spacial score (nSPS) is 13.2. The summed E-state index contributed by atoms with van der Waals surface area (Å²) in [5.41, 5.74) is 0. The number of hydrogen-bond donors (Lipinski definition) is 1. The van der Waals surface area contributed by atoms with Crippen molar-refractivity contribution in [2.24, 2.45) is 0 Å². The molecule has 21 heavy (non-hydrogen) atoms. The lowest BCUT2D eigenvalue weighted by Crippen LogP contribution is -2.22. The first-order valence-corrected chi connectivity index (χ1v) is 7.71. The van der Waals surface area contributed by atoms with Gasteiger partial charge in [0.2, 0.25) is 5.75 Å². The Morgan fingerprint density at radius 2 is 2.00 bits per heavy atom. The minimum Gasteiger partial charge on any atom is -0.487 e. The van der Waals surface area contributed by atoms with Gasteiger partial charge in [-0.1, -0.05) is 19.4 Å². The number of rotatable bonds is 10. The second-order valence-corrected chi connectivity index (χ2v) is 4.84. The van der Waals surface area contributed by atoms with Crippen molar-refractivity contribution in [2.45, 2.75) is 19.8 Å². The van der Waals surface area contributed by atoms with Crippen molar-refractivity contribution < 1.29 is 18.9 Å². The highest BCUT2D eigenvalue weighted by molar-refractivity contribution is 5.51. The molecule has 2 rings (SSSR count). The summed E-state index contributed by atoms with van der Waals surface area (Å²) in [5, 5.41) is 3.33. The van der Waals surface area contributed by atoms with Crippen molar-refractivity contribution in [3.63, 3.8) is 0 Å². The maximum atomic E-state index is 5.70. The predicted molar refractivity (Wildman–Crippen MR) is 81.5 cm³/mol. The van der Waals surface area contributed by atoms with Gasteiger partial charge < -0.3 is 24.3 Å². The summed E-state index contributed by atoms with van der Waals surface area (Å²) in [7, 11) is 0. The molecule has 1 aromatic rings. The lowest BCUT2D eigenvalue weighted by Gasteiger charge is -2.20. The molecule has 0 saturated carbocycles. The second-order valence-electron chi connectivity index (χ2n) is 4.84. The van der Waals surface area contributed by atoms with E-state index in [-0.39, 0.29) is 0 Å². The summed E-state index contributed by atoms with van der Waals surface area (Å²) in [6, 6.07) is 5.68. The zero-order valence-corrected chi connectivity index (χ0v) is 12.7. The SMILES string of the molecule is CCCCNCCOCCOc1cccc2c1OCCO2. The number of ether oxygens (including phenoxy) is 4. The largest absolute Gasteiger partial charge is 0.487 e. The summed E-state index contributed by atoms with van der Waals surface area (Å²) in [6.45, 7) is 7.07. The van der Waals surface area contributed by atoms with Crippen LogP contribution < -0.4 is 19.5 Å². The van der Waals surface area contributed by atoms with Gasteiger partial charge in [-0.3, -0.25) is 0 Å². The van der Waals surface area contributed by atoms with Crippen molar-refractivity contribution in [3.05, 3.63) is 18.2 Å². The van der Waals surface area contributed by atoms with Gasteiger partial charge in [0.1, 0.15) is 19.8 Å². The van der Waals surface area contributed by atoms with Gasteiger partial charge in [0.25, 0.3) is 0 Å². The Morgan fingerprint density at radius 1 is 1.10 bits per heavy atom. The first-order valence-electron chi connectivity index (χ1n) is 7.71. The number of nitrogens with one attached hydrogen (secondary N) is 1. The number of para-hydroxylation sites is 1. The fourth-order valence-electron chi connectivity index (χ4n) is 2.04. The highest BCUT2D eigenvalue weighted by atomic mass is 16.6. The molecule has 1 aliphatic heterocycles. The number of hydrogen-bond acceptors (Lipinski definition) is 5. The molecular weight excluding hydrogens is 270 g/mol. The molecule has 0 spiro atoms. The van der Waals surface area contributed by atoms with Crippen LogP contribution in [0, 0.1) is 0 Å². The lowest BCUT2D eigenvalue weighted by molar-refractivity contribution is 0.0978. The third-order valence-electron chi connectivity index (χ3n) is 3.15. The van der Waals surface area contributed by atoms with Gasteiger partial charge in [-0.25, -0.2) is 0 Å². The summed E-state index contributed by atoms with van der Waals surface area (Å²) < 4.78 is 22.3. The van der Waals surface area contributed by atoms with E-state index in [1.54, 1.807) is 0 Å². The van der Waals surface area contributed by atoms with E-state index in [0.29, 0.717) is 38.8 Å². The summed E-state index contributed by atoms with van der Waals surface area (Å²) in [6.07, 6.45) is 2.43. The molecule has 0 fully saturated rings. The van der Waals surface area contributed by atoms with E-state index in [4.69, 9.17) is 18.9 Å². The van der Waals surface area contributed by atoms with Crippen molar-refractivity contribution in [1.29, 1.82) is 0 Å². The van der Waals surface area contributed by atoms with Gasteiger partial charge in [0, 0.05) is 6.54 Å². The molecule has 0 unspecified atom stereocenters. The second kappa shape index (κ2) is 9.47. The van der Waals surface area contributed by atoms with Crippen molar-refractivity contribution >= 4 is 0 Å². The van der Waals surface area contributed by atoms with Crippen molar-refractivity contribution in [1.82, 2.24) is 5.32 Å². The molecule has 0 saturated heterocycles. The third-order valence-corrected chi connectivity index (χ3v) is 3.15. The van der Waals surface area contributed by atoms with Crippen LogP contribution in [0.4, 0.5) is 0 Å². The average Bonchev–Trinajstić information content (AvgIpc) is 2.53. The van der Waals surface area contributed by atoms with Gasteiger partial charge >= 0.3 is 0 Å². The van der Waals surface area contributed by atoms with Crippen LogP contribution in [0.5, 0.6) is 17.2 Å². The highest BCUT2D eigenvalue weighted by Crippen LogP contribution is 2.38. The van der Waals surface area contributed by atoms with Crippen molar-refractivity contribution in [2.75, 3.05) is 46.1 Å². The first-order chi connectivity index (χ1) is 10.4. The lowest BCUT2D eigenvalue weighted by atomic mass is 10.3. The van der Waals surface area contributed by atoms with Crippen molar-refractivity contribution in [3.8, 4) is 17.2 Å².